The van der Waals surface area contributed by atoms with Crippen LogP contribution >= 0.6 is 15.9 Å². The number of carbonyl (C=O) groups excluding carboxylic acids is 2. The fourth-order valence-electron chi connectivity index (χ4n) is 1.46. The highest BCUT2D eigenvalue weighted by Gasteiger charge is 2.26. The van der Waals surface area contributed by atoms with Crippen LogP contribution in [0.1, 0.15) is 32.7 Å². The lowest BCUT2D eigenvalue weighted by Crippen LogP contribution is -2.19. The third-order valence-electron chi connectivity index (χ3n) is 2.19. The van der Waals surface area contributed by atoms with Crippen LogP contribution in [0, 0.1) is 11.8 Å². The molecular weight excluding hydrogens is 270 g/mol. The van der Waals surface area contributed by atoms with E-state index < -0.39 is 0 Å². The first-order chi connectivity index (χ1) is 7.72. The number of hydrogen-bond donors (Lipinski definition) is 1. The van der Waals surface area contributed by atoms with Crippen molar-refractivity contribution >= 4 is 27.7 Å². The van der Waals surface area contributed by atoms with Gasteiger partial charge < -0.3 is 0 Å². The van der Waals surface area contributed by atoms with Crippen molar-refractivity contribution in [3.8, 4) is 11.8 Å². The van der Waals surface area contributed by atoms with Crippen molar-refractivity contribution in [3.05, 3.63) is 34.9 Å². The molecule has 0 aliphatic carbocycles. The molecule has 0 aromatic heterocycles. The summed E-state index contributed by atoms with van der Waals surface area (Å²) >= 11 is 3.28. The minimum Gasteiger partial charge on any atom is -0.288 e. The molecule has 2 amide bonds. The van der Waals surface area contributed by atoms with Crippen molar-refractivity contribution in [1.29, 1.82) is 0 Å². The molecule has 16 heavy (non-hydrogen) atoms. The maximum absolute atomic E-state index is 11.4. The highest BCUT2D eigenvalue weighted by Crippen LogP contribution is 2.16. The van der Waals surface area contributed by atoms with Crippen molar-refractivity contribution in [2.45, 2.75) is 6.42 Å². The second kappa shape index (κ2) is 4.50. The molecule has 3 nitrogen and oxygen atoms in total. The van der Waals surface area contributed by atoms with E-state index in [0.29, 0.717) is 11.1 Å². The molecule has 80 valence electrons. The predicted octanol–water partition coefficient (Wildman–Crippen LogP) is 1.71. The van der Waals surface area contributed by atoms with Crippen LogP contribution in [0.5, 0.6) is 0 Å². The molecule has 0 spiro atoms. The summed E-state index contributed by atoms with van der Waals surface area (Å²) in [7, 11) is 0. The van der Waals surface area contributed by atoms with E-state index in [2.05, 4.69) is 33.1 Å². The van der Waals surface area contributed by atoms with E-state index in [9.17, 15) is 9.59 Å². The Balaban J connectivity index is 2.34. The molecule has 0 radical (unpaired) electrons. The minimum atomic E-state index is -0.343. The number of alkyl halides is 1. The summed E-state index contributed by atoms with van der Waals surface area (Å²) in [6, 6.07) is 5.03. The third kappa shape index (κ3) is 2.00. The number of fused-ring (bicyclic) bond motifs is 1. The van der Waals surface area contributed by atoms with Gasteiger partial charge in [0.1, 0.15) is 0 Å². The van der Waals surface area contributed by atoms with Gasteiger partial charge in [0.25, 0.3) is 11.8 Å². The van der Waals surface area contributed by atoms with Crippen LogP contribution in [0.3, 0.4) is 0 Å². The topological polar surface area (TPSA) is 46.2 Å². The molecule has 0 unspecified atom stereocenters. The van der Waals surface area contributed by atoms with E-state index in [1.807, 2.05) is 0 Å². The summed E-state index contributed by atoms with van der Waals surface area (Å²) < 4.78 is 0. The highest BCUT2D eigenvalue weighted by molar-refractivity contribution is 9.09. The lowest BCUT2D eigenvalue weighted by atomic mass is 10.1. The van der Waals surface area contributed by atoms with Crippen LogP contribution < -0.4 is 5.32 Å². The zero-order valence-corrected chi connectivity index (χ0v) is 9.93. The molecule has 1 aromatic rings. The first kappa shape index (κ1) is 10.9. The fraction of sp³-hybridized carbons (Fsp3) is 0.167. The molecule has 1 aromatic carbocycles. The maximum atomic E-state index is 11.4. The van der Waals surface area contributed by atoms with Crippen molar-refractivity contribution in [2.75, 3.05) is 5.33 Å². The predicted molar refractivity (Wildman–Crippen MR) is 63.5 cm³/mol. The van der Waals surface area contributed by atoms with Crippen LogP contribution in [0.4, 0.5) is 0 Å². The van der Waals surface area contributed by atoms with Crippen LogP contribution in [-0.4, -0.2) is 17.1 Å². The Labute approximate surface area is 101 Å². The lowest BCUT2D eigenvalue weighted by Gasteiger charge is -1.94. The second-order valence-corrected chi connectivity index (χ2v) is 4.08. The Hall–Kier alpha value is -1.60. The smallest absolute Gasteiger partial charge is 0.258 e. The minimum absolute atomic E-state index is 0.333. The number of hydrogen-bond acceptors (Lipinski definition) is 2. The zero-order chi connectivity index (χ0) is 11.5. The molecule has 1 heterocycles. The van der Waals surface area contributed by atoms with E-state index in [-0.39, 0.29) is 11.8 Å². The quantitative estimate of drug-likeness (QED) is 0.483. The van der Waals surface area contributed by atoms with E-state index in [1.54, 1.807) is 18.2 Å². The molecule has 1 aliphatic heterocycles. The van der Waals surface area contributed by atoms with E-state index in [1.165, 1.54) is 0 Å². The SMILES string of the molecule is O=C1NC(=O)c2cc(C#CCCBr)ccc21. The molecular formula is C12H8BrNO2. The number of benzene rings is 1. The molecule has 0 fully saturated rings. The van der Waals surface area contributed by atoms with Gasteiger partial charge >= 0.3 is 0 Å². The Morgan fingerprint density at radius 2 is 1.94 bits per heavy atom. The standard InChI is InChI=1S/C12H8BrNO2/c13-6-2-1-3-8-4-5-9-10(7-8)12(16)14-11(9)15/h4-5,7H,2,6H2,(H,14,15,16). The van der Waals surface area contributed by atoms with Gasteiger partial charge in [-0.2, -0.15) is 0 Å². The number of rotatable bonds is 1. The van der Waals surface area contributed by atoms with Crippen LogP contribution in [-0.2, 0) is 0 Å². The van der Waals surface area contributed by atoms with Crippen LogP contribution in [0.25, 0.3) is 0 Å². The van der Waals surface area contributed by atoms with Gasteiger partial charge in [0, 0.05) is 17.3 Å². The fourth-order valence-corrected chi connectivity index (χ4v) is 1.66. The Morgan fingerprint density at radius 1 is 1.19 bits per heavy atom. The zero-order valence-electron chi connectivity index (χ0n) is 8.34. The van der Waals surface area contributed by atoms with Crippen molar-refractivity contribution in [1.82, 2.24) is 5.32 Å². The molecule has 0 saturated carbocycles. The molecule has 4 heteroatoms. The number of carbonyl (C=O) groups is 2. The first-order valence-electron chi connectivity index (χ1n) is 4.77. The van der Waals surface area contributed by atoms with Gasteiger partial charge in [0.15, 0.2) is 0 Å². The first-order valence-corrected chi connectivity index (χ1v) is 5.89. The number of amides is 2. The summed E-state index contributed by atoms with van der Waals surface area (Å²) in [4.78, 5) is 22.6. The molecule has 0 saturated heterocycles. The van der Waals surface area contributed by atoms with Gasteiger partial charge in [-0.1, -0.05) is 27.8 Å². The normalized spacial score (nSPS) is 12.8. The second-order valence-electron chi connectivity index (χ2n) is 3.28. The summed E-state index contributed by atoms with van der Waals surface area (Å²) in [5.74, 6) is 5.22. The van der Waals surface area contributed by atoms with Crippen LogP contribution in [0.15, 0.2) is 18.2 Å². The lowest BCUT2D eigenvalue weighted by molar-refractivity contribution is 0.0879. The van der Waals surface area contributed by atoms with E-state index >= 15 is 0 Å². The summed E-state index contributed by atoms with van der Waals surface area (Å²) in [5.41, 5.74) is 1.59. The summed E-state index contributed by atoms with van der Waals surface area (Å²) in [6.45, 7) is 0. The molecule has 2 rings (SSSR count). The largest absolute Gasteiger partial charge is 0.288 e. The van der Waals surface area contributed by atoms with Gasteiger partial charge in [-0.3, -0.25) is 14.9 Å². The Morgan fingerprint density at radius 3 is 2.69 bits per heavy atom. The molecule has 0 atom stereocenters. The molecule has 1 N–H and O–H groups in total. The monoisotopic (exact) mass is 277 g/mol. The van der Waals surface area contributed by atoms with Crippen molar-refractivity contribution < 1.29 is 9.59 Å². The van der Waals surface area contributed by atoms with Crippen LogP contribution in [0.2, 0.25) is 0 Å². The van der Waals surface area contributed by atoms with E-state index in [0.717, 1.165) is 17.3 Å². The van der Waals surface area contributed by atoms with Crippen molar-refractivity contribution in [2.24, 2.45) is 0 Å². The average molecular weight is 278 g/mol. The van der Waals surface area contributed by atoms with E-state index in [4.69, 9.17) is 0 Å². The number of nitrogens with one attached hydrogen (secondary N) is 1. The van der Waals surface area contributed by atoms with Gasteiger partial charge in [-0.15, -0.1) is 0 Å². The third-order valence-corrected chi connectivity index (χ3v) is 2.58. The van der Waals surface area contributed by atoms with Gasteiger partial charge in [-0.25, -0.2) is 0 Å². The van der Waals surface area contributed by atoms with Crippen molar-refractivity contribution in [3.63, 3.8) is 0 Å². The maximum Gasteiger partial charge on any atom is 0.258 e. The number of imide groups is 1. The number of halogens is 1. The molecule has 1 aliphatic rings. The highest BCUT2D eigenvalue weighted by atomic mass is 79.9. The average Bonchev–Trinajstić information content (AvgIpc) is 2.55. The molecule has 0 bridgehead atoms. The van der Waals surface area contributed by atoms with Gasteiger partial charge in [-0.05, 0) is 18.2 Å². The van der Waals surface area contributed by atoms with Gasteiger partial charge in [0.05, 0.1) is 11.1 Å². The Bertz CT molecular complexity index is 526. The Kier molecular flexibility index (Phi) is 3.07. The summed E-state index contributed by atoms with van der Waals surface area (Å²) in [6.07, 6.45) is 0.752. The summed E-state index contributed by atoms with van der Waals surface area (Å²) in [5, 5.41) is 3.07. The van der Waals surface area contributed by atoms with Gasteiger partial charge in [0.2, 0.25) is 0 Å².